The van der Waals surface area contributed by atoms with Crippen LogP contribution in [0.2, 0.25) is 5.02 Å². The van der Waals surface area contributed by atoms with Crippen molar-refractivity contribution in [1.29, 1.82) is 0 Å². The molecule has 3 heteroatoms. The van der Waals surface area contributed by atoms with Gasteiger partial charge in [0.25, 0.3) is 0 Å². The Bertz CT molecular complexity index is 405. The molecule has 106 valence electrons. The Hall–Kier alpha value is -0.570. The summed E-state index contributed by atoms with van der Waals surface area (Å²) in [5.41, 5.74) is 8.74. The minimum Gasteiger partial charge on any atom is -0.330 e. The molecule has 1 aromatic rings. The average molecular weight is 281 g/mol. The first-order chi connectivity index (χ1) is 9.17. The molecule has 1 aliphatic rings. The Morgan fingerprint density at radius 2 is 2.16 bits per heavy atom. The first kappa shape index (κ1) is 14.8. The van der Waals surface area contributed by atoms with Crippen molar-refractivity contribution in [2.75, 3.05) is 19.6 Å². The fourth-order valence-electron chi connectivity index (χ4n) is 3.34. The molecule has 0 saturated carbocycles. The SMILES string of the molecule is CCN1CCCCC(CN)C1c1ccc(Cl)cc1C. The Kier molecular flexibility index (Phi) is 5.26. The van der Waals surface area contributed by atoms with E-state index in [1.54, 1.807) is 0 Å². The number of nitrogens with zero attached hydrogens (tertiary/aromatic N) is 1. The van der Waals surface area contributed by atoms with Gasteiger partial charge in [-0.05, 0) is 68.6 Å². The molecule has 1 heterocycles. The van der Waals surface area contributed by atoms with Crippen molar-refractivity contribution in [3.05, 3.63) is 34.3 Å². The van der Waals surface area contributed by atoms with Gasteiger partial charge in [0.2, 0.25) is 0 Å². The molecule has 2 N–H and O–H groups in total. The molecule has 1 saturated heterocycles. The molecule has 2 unspecified atom stereocenters. The van der Waals surface area contributed by atoms with E-state index in [2.05, 4.69) is 30.9 Å². The Morgan fingerprint density at radius 3 is 2.79 bits per heavy atom. The standard InChI is InChI=1S/C16H25ClN2/c1-3-19-9-5-4-6-13(11-18)16(19)15-8-7-14(17)10-12(15)2/h7-8,10,13,16H,3-6,9,11,18H2,1-2H3. The molecule has 0 aromatic heterocycles. The highest BCUT2D eigenvalue weighted by Crippen LogP contribution is 2.36. The highest BCUT2D eigenvalue weighted by Gasteiger charge is 2.30. The monoisotopic (exact) mass is 280 g/mol. The minimum absolute atomic E-state index is 0.453. The van der Waals surface area contributed by atoms with E-state index < -0.39 is 0 Å². The van der Waals surface area contributed by atoms with Crippen molar-refractivity contribution >= 4 is 11.6 Å². The van der Waals surface area contributed by atoms with Gasteiger partial charge < -0.3 is 5.73 Å². The van der Waals surface area contributed by atoms with E-state index in [4.69, 9.17) is 17.3 Å². The predicted molar refractivity (Wildman–Crippen MR) is 82.6 cm³/mol. The molecule has 1 fully saturated rings. The van der Waals surface area contributed by atoms with Crippen LogP contribution in [0.5, 0.6) is 0 Å². The second kappa shape index (κ2) is 6.74. The molecule has 0 spiro atoms. The maximum absolute atomic E-state index is 6.09. The molecule has 0 aliphatic carbocycles. The first-order valence-corrected chi connectivity index (χ1v) is 7.75. The minimum atomic E-state index is 0.453. The smallest absolute Gasteiger partial charge is 0.0408 e. The number of benzene rings is 1. The third-order valence-corrected chi connectivity index (χ3v) is 4.60. The number of halogens is 1. The van der Waals surface area contributed by atoms with Gasteiger partial charge in [-0.15, -0.1) is 0 Å². The van der Waals surface area contributed by atoms with Gasteiger partial charge in [-0.1, -0.05) is 31.0 Å². The van der Waals surface area contributed by atoms with Gasteiger partial charge in [0, 0.05) is 11.1 Å². The zero-order valence-electron chi connectivity index (χ0n) is 12.0. The molecular weight excluding hydrogens is 256 g/mol. The van der Waals surface area contributed by atoms with Crippen LogP contribution in [-0.4, -0.2) is 24.5 Å². The zero-order valence-corrected chi connectivity index (χ0v) is 12.8. The topological polar surface area (TPSA) is 29.3 Å². The van der Waals surface area contributed by atoms with Crippen molar-refractivity contribution in [3.8, 4) is 0 Å². The van der Waals surface area contributed by atoms with Crippen LogP contribution < -0.4 is 5.73 Å². The molecule has 2 nitrogen and oxygen atoms in total. The van der Waals surface area contributed by atoms with Gasteiger partial charge >= 0.3 is 0 Å². The van der Waals surface area contributed by atoms with Crippen molar-refractivity contribution in [2.24, 2.45) is 11.7 Å². The lowest BCUT2D eigenvalue weighted by molar-refractivity contribution is 0.166. The Balaban J connectivity index is 2.39. The third-order valence-electron chi connectivity index (χ3n) is 4.37. The van der Waals surface area contributed by atoms with E-state index in [0.29, 0.717) is 12.0 Å². The van der Waals surface area contributed by atoms with Crippen LogP contribution in [0.15, 0.2) is 18.2 Å². The molecule has 0 radical (unpaired) electrons. The second-order valence-corrected chi connectivity index (χ2v) is 6.00. The highest BCUT2D eigenvalue weighted by molar-refractivity contribution is 6.30. The normalized spacial score (nSPS) is 25.3. The molecule has 1 aliphatic heterocycles. The maximum Gasteiger partial charge on any atom is 0.0408 e. The number of aryl methyl sites for hydroxylation is 1. The third kappa shape index (κ3) is 3.31. The van der Waals surface area contributed by atoms with Gasteiger partial charge in [0.1, 0.15) is 0 Å². The van der Waals surface area contributed by atoms with Crippen LogP contribution in [-0.2, 0) is 0 Å². The molecule has 1 aromatic carbocycles. The van der Waals surface area contributed by atoms with Crippen molar-refractivity contribution in [1.82, 2.24) is 4.90 Å². The van der Waals surface area contributed by atoms with Crippen LogP contribution in [0, 0.1) is 12.8 Å². The number of hydrogen-bond acceptors (Lipinski definition) is 2. The Morgan fingerprint density at radius 1 is 1.37 bits per heavy atom. The summed E-state index contributed by atoms with van der Waals surface area (Å²) < 4.78 is 0. The second-order valence-electron chi connectivity index (χ2n) is 5.57. The summed E-state index contributed by atoms with van der Waals surface area (Å²) in [5, 5.41) is 0.821. The lowest BCUT2D eigenvalue weighted by atomic mass is 9.87. The van der Waals surface area contributed by atoms with E-state index in [1.807, 2.05) is 6.07 Å². The molecule has 2 atom stereocenters. The Labute approximate surface area is 121 Å². The predicted octanol–water partition coefficient (Wildman–Crippen LogP) is 3.77. The average Bonchev–Trinajstić information content (AvgIpc) is 2.60. The summed E-state index contributed by atoms with van der Waals surface area (Å²) in [5.74, 6) is 0.558. The summed E-state index contributed by atoms with van der Waals surface area (Å²) in [6, 6.07) is 6.73. The lowest BCUT2D eigenvalue weighted by Gasteiger charge is -2.35. The van der Waals surface area contributed by atoms with Crippen LogP contribution in [0.3, 0.4) is 0 Å². The summed E-state index contributed by atoms with van der Waals surface area (Å²) >= 11 is 6.09. The number of rotatable bonds is 3. The zero-order chi connectivity index (χ0) is 13.8. The number of hydrogen-bond donors (Lipinski definition) is 1. The maximum atomic E-state index is 6.09. The quantitative estimate of drug-likeness (QED) is 0.913. The van der Waals surface area contributed by atoms with Crippen LogP contribution in [0.4, 0.5) is 0 Å². The van der Waals surface area contributed by atoms with Crippen molar-refractivity contribution in [3.63, 3.8) is 0 Å². The van der Waals surface area contributed by atoms with Crippen LogP contribution in [0.1, 0.15) is 43.4 Å². The van der Waals surface area contributed by atoms with Gasteiger partial charge in [0.15, 0.2) is 0 Å². The summed E-state index contributed by atoms with van der Waals surface area (Å²) in [4.78, 5) is 2.58. The van der Waals surface area contributed by atoms with Crippen LogP contribution >= 0.6 is 11.6 Å². The fourth-order valence-corrected chi connectivity index (χ4v) is 3.57. The molecular formula is C16H25ClN2. The summed E-state index contributed by atoms with van der Waals surface area (Å²) in [6.07, 6.45) is 3.81. The fraction of sp³-hybridized carbons (Fsp3) is 0.625. The molecule has 19 heavy (non-hydrogen) atoms. The summed E-state index contributed by atoms with van der Waals surface area (Å²) in [6.45, 7) is 7.44. The van der Waals surface area contributed by atoms with Gasteiger partial charge in [-0.3, -0.25) is 4.90 Å². The van der Waals surface area contributed by atoms with E-state index in [-0.39, 0.29) is 0 Å². The highest BCUT2D eigenvalue weighted by atomic mass is 35.5. The van der Waals surface area contributed by atoms with E-state index >= 15 is 0 Å². The van der Waals surface area contributed by atoms with Gasteiger partial charge in [0.05, 0.1) is 0 Å². The summed E-state index contributed by atoms with van der Waals surface area (Å²) in [7, 11) is 0. The van der Waals surface area contributed by atoms with E-state index in [9.17, 15) is 0 Å². The van der Waals surface area contributed by atoms with Gasteiger partial charge in [-0.25, -0.2) is 0 Å². The molecule has 2 rings (SSSR count). The first-order valence-electron chi connectivity index (χ1n) is 7.37. The van der Waals surface area contributed by atoms with E-state index in [1.165, 1.54) is 36.9 Å². The number of nitrogens with two attached hydrogens (primary N) is 1. The van der Waals surface area contributed by atoms with Crippen molar-refractivity contribution in [2.45, 2.75) is 39.2 Å². The van der Waals surface area contributed by atoms with Crippen LogP contribution in [0.25, 0.3) is 0 Å². The lowest BCUT2D eigenvalue weighted by Crippen LogP contribution is -2.36. The van der Waals surface area contributed by atoms with E-state index in [0.717, 1.165) is 18.1 Å². The molecule has 0 amide bonds. The van der Waals surface area contributed by atoms with Gasteiger partial charge in [-0.2, -0.15) is 0 Å². The largest absolute Gasteiger partial charge is 0.330 e. The number of likely N-dealkylation sites (tertiary alicyclic amines) is 1. The molecule has 0 bridgehead atoms. The van der Waals surface area contributed by atoms with Crippen molar-refractivity contribution < 1.29 is 0 Å².